The number of aromatic nitrogens is 1. The van der Waals surface area contributed by atoms with Gasteiger partial charge in [0.2, 0.25) is 0 Å². The minimum Gasteiger partial charge on any atom is -0.494 e. The molecule has 5 nitrogen and oxygen atoms in total. The molecule has 0 saturated heterocycles. The van der Waals surface area contributed by atoms with E-state index in [1.165, 1.54) is 0 Å². The van der Waals surface area contributed by atoms with Crippen molar-refractivity contribution in [2.75, 3.05) is 18.5 Å². The summed E-state index contributed by atoms with van der Waals surface area (Å²) in [7, 11) is 0. The zero-order chi connectivity index (χ0) is 13.7. The molecular formula is C13H16N2O3S. The van der Waals surface area contributed by atoms with Crippen molar-refractivity contribution in [3.05, 3.63) is 41.1 Å². The van der Waals surface area contributed by atoms with E-state index in [2.05, 4.69) is 10.3 Å². The lowest BCUT2D eigenvalue weighted by molar-refractivity contribution is 0.161. The lowest BCUT2D eigenvalue weighted by Gasteiger charge is -2.11. The molecule has 0 aliphatic carbocycles. The molecule has 2 aromatic rings. The van der Waals surface area contributed by atoms with Gasteiger partial charge in [0.15, 0.2) is 5.76 Å². The van der Waals surface area contributed by atoms with Crippen LogP contribution < -0.4 is 10.1 Å². The van der Waals surface area contributed by atoms with Gasteiger partial charge in [0.1, 0.15) is 11.9 Å². The van der Waals surface area contributed by atoms with Gasteiger partial charge in [0, 0.05) is 18.4 Å². The van der Waals surface area contributed by atoms with Crippen LogP contribution in [0.15, 0.2) is 34.9 Å². The molecule has 1 heterocycles. The Morgan fingerprint density at radius 2 is 2.16 bits per heavy atom. The second-order valence-corrected chi connectivity index (χ2v) is 4.31. The third-order valence-electron chi connectivity index (χ3n) is 2.54. The largest absolute Gasteiger partial charge is 0.494 e. The fourth-order valence-electron chi connectivity index (χ4n) is 1.61. The number of hydrogen-bond acceptors (Lipinski definition) is 5. The Morgan fingerprint density at radius 3 is 2.74 bits per heavy atom. The van der Waals surface area contributed by atoms with E-state index in [0.717, 1.165) is 11.4 Å². The number of hydrogen-bond donors (Lipinski definition) is 3. The number of H-pyrrole nitrogens is 1. The van der Waals surface area contributed by atoms with E-state index in [4.69, 9.17) is 21.4 Å². The highest BCUT2D eigenvalue weighted by atomic mass is 32.1. The smallest absolute Gasteiger partial charge is 0.266 e. The van der Waals surface area contributed by atoms with E-state index >= 15 is 0 Å². The Labute approximate surface area is 116 Å². The molecule has 0 bridgehead atoms. The Kier molecular flexibility index (Phi) is 4.59. The van der Waals surface area contributed by atoms with Gasteiger partial charge >= 0.3 is 0 Å². The number of oxazole rings is 1. The number of rotatable bonds is 6. The SMILES string of the molecule is CCOc1ccc(NCC(O)c2c[nH]c(=S)o2)cc1. The van der Waals surface area contributed by atoms with Crippen molar-refractivity contribution in [1.29, 1.82) is 0 Å². The van der Waals surface area contributed by atoms with Crippen LogP contribution in [0.3, 0.4) is 0 Å². The summed E-state index contributed by atoms with van der Waals surface area (Å²) in [5.74, 6) is 1.24. The molecule has 1 aromatic carbocycles. The lowest BCUT2D eigenvalue weighted by atomic mass is 10.2. The first-order valence-corrected chi connectivity index (χ1v) is 6.43. The van der Waals surface area contributed by atoms with Crippen LogP contribution in [0.1, 0.15) is 18.8 Å². The first-order chi connectivity index (χ1) is 9.19. The first-order valence-electron chi connectivity index (χ1n) is 6.02. The van der Waals surface area contributed by atoms with Gasteiger partial charge in [-0.2, -0.15) is 0 Å². The molecular weight excluding hydrogens is 264 g/mol. The maximum absolute atomic E-state index is 9.89. The first kappa shape index (κ1) is 13.6. The number of benzene rings is 1. The molecule has 0 aliphatic heterocycles. The number of nitrogens with one attached hydrogen (secondary N) is 2. The predicted molar refractivity (Wildman–Crippen MR) is 75.0 cm³/mol. The van der Waals surface area contributed by atoms with Crippen LogP contribution in [0, 0.1) is 4.84 Å². The van der Waals surface area contributed by atoms with Crippen LogP contribution in [0.25, 0.3) is 0 Å². The van der Waals surface area contributed by atoms with Gasteiger partial charge in [-0.25, -0.2) is 0 Å². The van der Waals surface area contributed by atoms with Crippen LogP contribution in [-0.4, -0.2) is 23.2 Å². The molecule has 1 unspecified atom stereocenters. The summed E-state index contributed by atoms with van der Waals surface area (Å²) in [5.41, 5.74) is 0.900. The Hall–Kier alpha value is -1.79. The van der Waals surface area contributed by atoms with Crippen LogP contribution in [0.4, 0.5) is 5.69 Å². The van der Waals surface area contributed by atoms with Crippen molar-refractivity contribution in [2.24, 2.45) is 0 Å². The Morgan fingerprint density at radius 1 is 1.42 bits per heavy atom. The average Bonchev–Trinajstić information content (AvgIpc) is 2.85. The molecule has 0 saturated carbocycles. The molecule has 19 heavy (non-hydrogen) atoms. The van der Waals surface area contributed by atoms with E-state index in [1.807, 2.05) is 31.2 Å². The van der Waals surface area contributed by atoms with Crippen molar-refractivity contribution in [1.82, 2.24) is 4.98 Å². The van der Waals surface area contributed by atoms with Crippen molar-refractivity contribution in [3.8, 4) is 5.75 Å². The summed E-state index contributed by atoms with van der Waals surface area (Å²) in [6.07, 6.45) is 0.812. The van der Waals surface area contributed by atoms with Crippen LogP contribution in [0.2, 0.25) is 0 Å². The van der Waals surface area contributed by atoms with Crippen molar-refractivity contribution in [3.63, 3.8) is 0 Å². The topological polar surface area (TPSA) is 70.4 Å². The van der Waals surface area contributed by atoms with E-state index < -0.39 is 6.10 Å². The Balaban J connectivity index is 1.89. The third kappa shape index (κ3) is 3.84. The van der Waals surface area contributed by atoms with E-state index in [0.29, 0.717) is 18.9 Å². The monoisotopic (exact) mass is 280 g/mol. The Bertz CT molecular complexity index is 562. The minimum absolute atomic E-state index is 0.259. The molecule has 0 amide bonds. The maximum atomic E-state index is 9.89. The second kappa shape index (κ2) is 6.40. The highest BCUT2D eigenvalue weighted by Crippen LogP contribution is 2.17. The molecule has 1 atom stereocenters. The fourth-order valence-corrected chi connectivity index (χ4v) is 1.77. The third-order valence-corrected chi connectivity index (χ3v) is 2.74. The van der Waals surface area contributed by atoms with Gasteiger partial charge in [-0.3, -0.25) is 0 Å². The van der Waals surface area contributed by atoms with Gasteiger partial charge in [-0.05, 0) is 43.4 Å². The quantitative estimate of drug-likeness (QED) is 0.710. The minimum atomic E-state index is -0.750. The van der Waals surface area contributed by atoms with Gasteiger partial charge in [-0.1, -0.05) is 0 Å². The number of aliphatic hydroxyl groups excluding tert-OH is 1. The average molecular weight is 280 g/mol. The zero-order valence-corrected chi connectivity index (χ0v) is 11.4. The summed E-state index contributed by atoms with van der Waals surface area (Å²) in [5, 5.41) is 13.0. The number of aliphatic hydroxyl groups is 1. The summed E-state index contributed by atoms with van der Waals surface area (Å²) < 4.78 is 10.5. The molecule has 0 fully saturated rings. The van der Waals surface area contributed by atoms with Crippen LogP contribution in [0.5, 0.6) is 5.75 Å². The normalized spacial score (nSPS) is 12.1. The summed E-state index contributed by atoms with van der Waals surface area (Å²) in [6.45, 7) is 2.92. The lowest BCUT2D eigenvalue weighted by Crippen LogP contribution is -2.11. The predicted octanol–water partition coefficient (Wildman–Crippen LogP) is 2.88. The molecule has 2 rings (SSSR count). The van der Waals surface area contributed by atoms with Crippen molar-refractivity contribution in [2.45, 2.75) is 13.0 Å². The van der Waals surface area contributed by atoms with Gasteiger partial charge in [0.25, 0.3) is 4.84 Å². The molecule has 0 aliphatic rings. The summed E-state index contributed by atoms with van der Waals surface area (Å²) >= 11 is 4.80. The standard InChI is InChI=1S/C13H16N2O3S/c1-2-17-10-5-3-9(4-6-10)14-7-11(16)12-8-15-13(19)18-12/h3-6,8,11,14,16H,2,7H2,1H3,(H,15,19). The van der Waals surface area contributed by atoms with E-state index in [-0.39, 0.29) is 4.84 Å². The summed E-state index contributed by atoms with van der Waals surface area (Å²) in [4.78, 5) is 2.97. The zero-order valence-electron chi connectivity index (χ0n) is 10.6. The number of anilines is 1. The van der Waals surface area contributed by atoms with Crippen LogP contribution >= 0.6 is 12.2 Å². The molecule has 102 valence electrons. The van der Waals surface area contributed by atoms with Crippen LogP contribution in [-0.2, 0) is 0 Å². The van der Waals surface area contributed by atoms with Crippen molar-refractivity contribution < 1.29 is 14.3 Å². The highest BCUT2D eigenvalue weighted by molar-refractivity contribution is 7.71. The maximum Gasteiger partial charge on any atom is 0.266 e. The number of ether oxygens (including phenoxy) is 1. The van der Waals surface area contributed by atoms with Gasteiger partial charge in [0.05, 0.1) is 6.61 Å². The second-order valence-electron chi connectivity index (χ2n) is 3.93. The van der Waals surface area contributed by atoms with Gasteiger partial charge < -0.3 is 24.6 Å². The summed E-state index contributed by atoms with van der Waals surface area (Å²) in [6, 6.07) is 7.54. The van der Waals surface area contributed by atoms with E-state index in [9.17, 15) is 5.11 Å². The van der Waals surface area contributed by atoms with E-state index in [1.54, 1.807) is 6.20 Å². The van der Waals surface area contributed by atoms with Gasteiger partial charge in [-0.15, -0.1) is 0 Å². The molecule has 1 aromatic heterocycles. The highest BCUT2D eigenvalue weighted by Gasteiger charge is 2.10. The fraction of sp³-hybridized carbons (Fsp3) is 0.308. The van der Waals surface area contributed by atoms with Crippen molar-refractivity contribution >= 4 is 17.9 Å². The molecule has 6 heteroatoms. The number of aromatic amines is 1. The molecule has 3 N–H and O–H groups in total. The molecule has 0 spiro atoms. The molecule has 0 radical (unpaired) electrons.